The molecule has 1 fully saturated rings. The largest absolute Gasteiger partial charge is 0.449 e. The van der Waals surface area contributed by atoms with Crippen LogP contribution in [-0.4, -0.2) is 114 Å². The molecule has 1 aliphatic rings. The van der Waals surface area contributed by atoms with Gasteiger partial charge in [0.25, 0.3) is 5.91 Å². The van der Waals surface area contributed by atoms with Crippen LogP contribution in [0.25, 0.3) is 0 Å². The van der Waals surface area contributed by atoms with E-state index in [1.54, 1.807) is 40.0 Å². The van der Waals surface area contributed by atoms with E-state index in [9.17, 15) is 24.0 Å². The molecule has 1 aromatic heterocycles. The molecule has 0 spiro atoms. The Morgan fingerprint density at radius 1 is 1.08 bits per heavy atom. The van der Waals surface area contributed by atoms with E-state index in [1.165, 1.54) is 11.3 Å². The van der Waals surface area contributed by atoms with Crippen molar-refractivity contribution in [3.05, 3.63) is 64.6 Å². The Morgan fingerprint density at radius 3 is 2.48 bits per heavy atom. The van der Waals surface area contributed by atoms with Crippen molar-refractivity contribution < 1.29 is 33.4 Å². The zero-order chi connectivity index (χ0) is 44.9. The van der Waals surface area contributed by atoms with Gasteiger partial charge in [0.2, 0.25) is 5.91 Å². The standard InChI is InChI=1S/C46H71N5O7S3/c1-10-21-57-30-51(45(55)37(32(5)11-2)27-41(52)39-19-15-16-20-50(39)8)40(31(3)4)25-34(7)44-49-38(29-60-44)43(54)48-36(26-35-17-13-12-14-18-35)24-33(6)42(53)28-47-46(56)58-22-23-61-59-9/h10,12-14,17-18,29,31-34,36-37,39-40H,1,11,15-16,19-28,30H2,2-9H3,(H,47,56)(H,48,54)/t32?,33-,34+,36+,37-,39+,40?/m0/s1. The number of ketones is 2. The number of amides is 3. The van der Waals surface area contributed by atoms with Gasteiger partial charge >= 0.3 is 6.09 Å². The number of benzene rings is 1. The zero-order valence-corrected chi connectivity index (χ0v) is 40.1. The SMILES string of the molecule is C=CCOCN(C(=O)[C@@H](CC(=O)[C@H]1CCCCN1C)C(C)CC)C(C[C@@H](C)c1nc(C(=O)N[C@@H](Cc2ccccc2)C[C@H](C)C(=O)CNC(=O)OCCSSC)cs1)C(C)C. The number of nitrogens with zero attached hydrogens (tertiary/aromatic N) is 3. The third-order valence-electron chi connectivity index (χ3n) is 11.7. The van der Waals surface area contributed by atoms with Crippen LogP contribution in [-0.2, 0) is 30.3 Å². The van der Waals surface area contributed by atoms with Crippen molar-refractivity contribution in [2.75, 3.05) is 52.1 Å². The van der Waals surface area contributed by atoms with Gasteiger partial charge in [0.15, 0.2) is 11.6 Å². The molecule has 12 nitrogen and oxygen atoms in total. The maximum Gasteiger partial charge on any atom is 0.407 e. The molecule has 0 radical (unpaired) electrons. The summed E-state index contributed by atoms with van der Waals surface area (Å²) in [4.78, 5) is 76.3. The molecule has 15 heteroatoms. The van der Waals surface area contributed by atoms with Crippen LogP contribution in [0.1, 0.15) is 113 Å². The highest BCUT2D eigenvalue weighted by molar-refractivity contribution is 8.76. The van der Waals surface area contributed by atoms with Crippen LogP contribution in [0.2, 0.25) is 0 Å². The van der Waals surface area contributed by atoms with Crippen LogP contribution in [0.4, 0.5) is 4.79 Å². The van der Waals surface area contributed by atoms with Crippen LogP contribution in [0, 0.1) is 23.7 Å². The number of ether oxygens (including phenoxy) is 2. The quantitative estimate of drug-likeness (QED) is 0.0367. The number of nitrogens with one attached hydrogen (secondary N) is 2. The van der Waals surface area contributed by atoms with Gasteiger partial charge in [0.1, 0.15) is 19.0 Å². The number of hydrogen-bond acceptors (Lipinski definition) is 12. The summed E-state index contributed by atoms with van der Waals surface area (Å²) >= 11 is 1.41. The number of thiazole rings is 1. The molecule has 0 saturated carbocycles. The van der Waals surface area contributed by atoms with Gasteiger partial charge in [-0.2, -0.15) is 0 Å². The van der Waals surface area contributed by atoms with Crippen molar-refractivity contribution in [2.24, 2.45) is 23.7 Å². The monoisotopic (exact) mass is 901 g/mol. The van der Waals surface area contributed by atoms with Gasteiger partial charge in [0, 0.05) is 47.4 Å². The average Bonchev–Trinajstić information content (AvgIpc) is 3.75. The molecule has 340 valence electrons. The number of Topliss-reactive ketones (excluding diaryl/α,β-unsaturated/α-hetero) is 2. The predicted octanol–water partition coefficient (Wildman–Crippen LogP) is 8.43. The van der Waals surface area contributed by atoms with Crippen molar-refractivity contribution in [2.45, 2.75) is 117 Å². The minimum atomic E-state index is -0.630. The van der Waals surface area contributed by atoms with Crippen molar-refractivity contribution in [3.63, 3.8) is 0 Å². The molecular formula is C46H71N5O7S3. The Morgan fingerprint density at radius 2 is 1.82 bits per heavy atom. The van der Waals surface area contributed by atoms with E-state index in [1.807, 2.05) is 48.5 Å². The Labute approximate surface area is 376 Å². The molecule has 1 saturated heterocycles. The van der Waals surface area contributed by atoms with Gasteiger partial charge in [-0.3, -0.25) is 24.1 Å². The van der Waals surface area contributed by atoms with E-state index in [4.69, 9.17) is 14.5 Å². The zero-order valence-electron chi connectivity index (χ0n) is 37.7. The number of piperidine rings is 1. The van der Waals surface area contributed by atoms with Crippen LogP contribution in [0.5, 0.6) is 0 Å². The van der Waals surface area contributed by atoms with Crippen molar-refractivity contribution >= 4 is 62.4 Å². The molecule has 0 aliphatic carbocycles. The Balaban J connectivity index is 1.76. The number of alkyl carbamates (subject to hydrolysis) is 1. The normalized spacial score (nSPS) is 17.4. The molecule has 2 unspecified atom stereocenters. The lowest BCUT2D eigenvalue weighted by molar-refractivity contribution is -0.150. The minimum Gasteiger partial charge on any atom is -0.449 e. The molecule has 1 aromatic carbocycles. The molecule has 0 bridgehead atoms. The molecule has 7 atom stereocenters. The topological polar surface area (TPSA) is 147 Å². The summed E-state index contributed by atoms with van der Waals surface area (Å²) in [5.41, 5.74) is 1.31. The lowest BCUT2D eigenvalue weighted by Gasteiger charge is -2.39. The van der Waals surface area contributed by atoms with Gasteiger partial charge in [-0.1, -0.05) is 112 Å². The van der Waals surface area contributed by atoms with Crippen molar-refractivity contribution in [3.8, 4) is 0 Å². The van der Waals surface area contributed by atoms with Gasteiger partial charge < -0.3 is 25.0 Å². The third kappa shape index (κ3) is 17.5. The maximum atomic E-state index is 14.7. The van der Waals surface area contributed by atoms with E-state index in [0.717, 1.165) is 42.8 Å². The molecule has 2 N–H and O–H groups in total. The number of carbonyl (C=O) groups excluding carboxylic acids is 5. The fourth-order valence-electron chi connectivity index (χ4n) is 7.81. The second kappa shape index (κ2) is 27.7. The number of aromatic nitrogens is 1. The first-order chi connectivity index (χ1) is 29.2. The van der Waals surface area contributed by atoms with E-state index in [2.05, 4.69) is 56.7 Å². The highest BCUT2D eigenvalue weighted by Gasteiger charge is 2.38. The first-order valence-electron chi connectivity index (χ1n) is 21.8. The third-order valence-corrected chi connectivity index (χ3v) is 14.5. The molecule has 2 heterocycles. The van der Waals surface area contributed by atoms with Crippen LogP contribution >= 0.6 is 32.9 Å². The predicted molar refractivity (Wildman–Crippen MR) is 250 cm³/mol. The Kier molecular flexibility index (Phi) is 23.7. The summed E-state index contributed by atoms with van der Waals surface area (Å²) in [6.07, 6.45) is 8.33. The lowest BCUT2D eigenvalue weighted by Crippen LogP contribution is -2.50. The summed E-state index contributed by atoms with van der Waals surface area (Å²) < 4.78 is 11.1. The number of rotatable bonds is 28. The van der Waals surface area contributed by atoms with Gasteiger partial charge in [0.05, 0.1) is 24.2 Å². The average molecular weight is 902 g/mol. The van der Waals surface area contributed by atoms with Gasteiger partial charge in [-0.15, -0.1) is 17.9 Å². The van der Waals surface area contributed by atoms with Gasteiger partial charge in [-0.25, -0.2) is 9.78 Å². The second-order valence-corrected chi connectivity index (χ2v) is 20.3. The van der Waals surface area contributed by atoms with E-state index in [0.29, 0.717) is 30.7 Å². The summed E-state index contributed by atoms with van der Waals surface area (Å²) in [5, 5.41) is 8.23. The molecule has 1 aliphatic heterocycles. The smallest absolute Gasteiger partial charge is 0.407 e. The molecular weight excluding hydrogens is 831 g/mol. The molecule has 61 heavy (non-hydrogen) atoms. The van der Waals surface area contributed by atoms with E-state index in [-0.39, 0.29) is 92.2 Å². The van der Waals surface area contributed by atoms with E-state index < -0.39 is 17.9 Å². The molecule has 2 aromatic rings. The molecule has 3 amide bonds. The Hall–Kier alpha value is -3.24. The highest BCUT2D eigenvalue weighted by Crippen LogP contribution is 2.32. The number of likely N-dealkylation sites (tertiary alicyclic amines) is 1. The lowest BCUT2D eigenvalue weighted by atomic mass is 9.82. The summed E-state index contributed by atoms with van der Waals surface area (Å²) in [6, 6.07) is 9.02. The number of carbonyl (C=O) groups is 5. The van der Waals surface area contributed by atoms with E-state index >= 15 is 0 Å². The summed E-state index contributed by atoms with van der Waals surface area (Å²) in [5.74, 6) is -0.726. The van der Waals surface area contributed by atoms with Crippen LogP contribution in [0.3, 0.4) is 0 Å². The molecule has 3 rings (SSSR count). The van der Waals surface area contributed by atoms with Crippen molar-refractivity contribution in [1.82, 2.24) is 25.4 Å². The fourth-order valence-corrected chi connectivity index (χ4v) is 9.70. The van der Waals surface area contributed by atoms with Crippen LogP contribution in [0.15, 0.2) is 48.4 Å². The minimum absolute atomic E-state index is 0.00335. The highest BCUT2D eigenvalue weighted by atomic mass is 33.1. The second-order valence-electron chi connectivity index (χ2n) is 16.7. The first kappa shape index (κ1) is 52.1. The fraction of sp³-hybridized carbons (Fsp3) is 0.652. The first-order valence-corrected chi connectivity index (χ1v) is 25.4. The summed E-state index contributed by atoms with van der Waals surface area (Å²) in [7, 11) is 5.18. The number of hydrogen-bond donors (Lipinski definition) is 2. The van der Waals surface area contributed by atoms with Gasteiger partial charge in [-0.05, 0) is 69.4 Å². The summed E-state index contributed by atoms with van der Waals surface area (Å²) in [6.45, 7) is 17.3. The maximum absolute atomic E-state index is 14.7. The van der Waals surface area contributed by atoms with Crippen LogP contribution < -0.4 is 10.6 Å². The van der Waals surface area contributed by atoms with Crippen molar-refractivity contribution in [1.29, 1.82) is 0 Å². The Bertz CT molecular complexity index is 1680. The number of likely N-dealkylation sites (N-methyl/N-ethyl adjacent to an activating group) is 1.